The minimum absolute atomic E-state index is 0.0266. The predicted molar refractivity (Wildman–Crippen MR) is 90.7 cm³/mol. The number of ketones is 1. The summed E-state index contributed by atoms with van der Waals surface area (Å²) in [6, 6.07) is 5.12. The smallest absolute Gasteiger partial charge is 0.303 e. The Morgan fingerprint density at radius 3 is 2.58 bits per heavy atom. The number of aliphatic carboxylic acids is 1. The number of fused-ring (bicyclic) bond motifs is 1. The molecule has 1 aliphatic rings. The fraction of sp³-hybridized carbons (Fsp3) is 0.529. The molecule has 7 heteroatoms. The lowest BCUT2D eigenvalue weighted by Gasteiger charge is -2.12. The molecule has 1 atom stereocenters. The number of carbonyl (C=O) groups is 2. The maximum Gasteiger partial charge on any atom is 0.303 e. The Morgan fingerprint density at radius 1 is 1.21 bits per heavy atom. The highest BCUT2D eigenvalue weighted by Crippen LogP contribution is 2.24. The molecule has 24 heavy (non-hydrogen) atoms. The summed E-state index contributed by atoms with van der Waals surface area (Å²) < 4.78 is 26.7. The van der Waals surface area contributed by atoms with Crippen molar-refractivity contribution in [2.45, 2.75) is 51.5 Å². The van der Waals surface area contributed by atoms with Crippen LogP contribution in [-0.2, 0) is 27.7 Å². The van der Waals surface area contributed by atoms with E-state index in [1.165, 1.54) is 0 Å². The first-order valence-corrected chi connectivity index (χ1v) is 9.82. The van der Waals surface area contributed by atoms with Crippen LogP contribution in [0.1, 0.15) is 54.1 Å². The van der Waals surface area contributed by atoms with Gasteiger partial charge in [-0.3, -0.25) is 9.59 Å². The summed E-state index contributed by atoms with van der Waals surface area (Å²) >= 11 is 0. The monoisotopic (exact) mass is 353 g/mol. The Bertz CT molecular complexity index is 726. The molecule has 132 valence electrons. The van der Waals surface area contributed by atoms with Crippen LogP contribution in [0, 0.1) is 0 Å². The largest absolute Gasteiger partial charge is 0.481 e. The topological polar surface area (TPSA) is 101 Å². The molecule has 2 rings (SSSR count). The van der Waals surface area contributed by atoms with Gasteiger partial charge in [-0.25, -0.2) is 13.1 Å². The molecular weight excluding hydrogens is 330 g/mol. The minimum Gasteiger partial charge on any atom is -0.481 e. The predicted octanol–water partition coefficient (Wildman–Crippen LogP) is 1.92. The highest BCUT2D eigenvalue weighted by Gasteiger charge is 2.26. The van der Waals surface area contributed by atoms with Gasteiger partial charge in [0, 0.05) is 18.0 Å². The molecule has 1 unspecified atom stereocenters. The summed E-state index contributed by atoms with van der Waals surface area (Å²) in [5.74, 6) is -1.06. The number of carboxylic acids is 1. The zero-order valence-corrected chi connectivity index (χ0v) is 14.6. The number of hydrogen-bond acceptors (Lipinski definition) is 4. The number of hydrogen-bond donors (Lipinski definition) is 2. The summed E-state index contributed by atoms with van der Waals surface area (Å²) in [6.45, 7) is 1.95. The van der Waals surface area contributed by atoms with Gasteiger partial charge in [-0.2, -0.15) is 0 Å². The van der Waals surface area contributed by atoms with Crippen LogP contribution in [0.3, 0.4) is 0 Å². The number of unbranched alkanes of at least 4 members (excludes halogenated alkanes) is 1. The number of carbonyl (C=O) groups excluding carboxylic acids is 1. The van der Waals surface area contributed by atoms with Gasteiger partial charge in [0.15, 0.2) is 5.78 Å². The molecule has 0 fully saturated rings. The molecule has 0 radical (unpaired) electrons. The van der Waals surface area contributed by atoms with Crippen molar-refractivity contribution < 1.29 is 23.1 Å². The fourth-order valence-electron chi connectivity index (χ4n) is 2.89. The van der Waals surface area contributed by atoms with Crippen molar-refractivity contribution in [1.29, 1.82) is 0 Å². The van der Waals surface area contributed by atoms with Crippen LogP contribution in [0.15, 0.2) is 18.2 Å². The molecule has 0 aromatic heterocycles. The maximum atomic E-state index is 12.0. The number of Topliss-reactive ketones (excluding diaryl/α,β-unsaturated/α-hetero) is 1. The molecule has 0 bridgehead atoms. The first-order chi connectivity index (χ1) is 11.3. The SMILES string of the molecule is CCCCS(=O)(=O)NC1Cc2ccc(C(=O)CCC(=O)O)cc2C1. The highest BCUT2D eigenvalue weighted by molar-refractivity contribution is 7.89. The molecule has 0 heterocycles. The molecular formula is C17H23NO5S. The van der Waals surface area contributed by atoms with Crippen molar-refractivity contribution in [3.63, 3.8) is 0 Å². The summed E-state index contributed by atoms with van der Waals surface area (Å²) in [5, 5.41) is 8.65. The van der Waals surface area contributed by atoms with E-state index in [-0.39, 0.29) is 30.4 Å². The lowest BCUT2D eigenvalue weighted by atomic mass is 10.0. The van der Waals surface area contributed by atoms with Crippen LogP contribution in [0.2, 0.25) is 0 Å². The van der Waals surface area contributed by atoms with Gasteiger partial charge >= 0.3 is 5.97 Å². The second-order valence-corrected chi connectivity index (χ2v) is 8.07. The third-order valence-electron chi connectivity index (χ3n) is 4.14. The lowest BCUT2D eigenvalue weighted by Crippen LogP contribution is -2.36. The first-order valence-electron chi connectivity index (χ1n) is 8.17. The molecule has 2 N–H and O–H groups in total. The summed E-state index contributed by atoms with van der Waals surface area (Å²) in [7, 11) is -3.27. The van der Waals surface area contributed by atoms with Crippen molar-refractivity contribution in [3.8, 4) is 0 Å². The van der Waals surface area contributed by atoms with Gasteiger partial charge in [0.05, 0.1) is 12.2 Å². The molecule has 1 aromatic rings. The minimum atomic E-state index is -3.27. The molecule has 0 amide bonds. The number of nitrogens with one attached hydrogen (secondary N) is 1. The highest BCUT2D eigenvalue weighted by atomic mass is 32.2. The van der Waals surface area contributed by atoms with E-state index < -0.39 is 16.0 Å². The van der Waals surface area contributed by atoms with E-state index in [1.807, 2.05) is 13.0 Å². The van der Waals surface area contributed by atoms with Crippen molar-refractivity contribution >= 4 is 21.8 Å². The van der Waals surface area contributed by atoms with Gasteiger partial charge in [-0.1, -0.05) is 25.5 Å². The van der Waals surface area contributed by atoms with E-state index in [4.69, 9.17) is 5.11 Å². The van der Waals surface area contributed by atoms with Crippen molar-refractivity contribution in [1.82, 2.24) is 4.72 Å². The zero-order chi connectivity index (χ0) is 17.7. The number of rotatable bonds is 9. The fourth-order valence-corrected chi connectivity index (χ4v) is 4.35. The number of carboxylic acid groups (broad SMARTS) is 1. The van der Waals surface area contributed by atoms with Crippen LogP contribution in [0.25, 0.3) is 0 Å². The second kappa shape index (κ2) is 7.90. The van der Waals surface area contributed by atoms with Gasteiger partial charge in [-0.05, 0) is 36.5 Å². The molecule has 0 spiro atoms. The van der Waals surface area contributed by atoms with Crippen LogP contribution < -0.4 is 4.72 Å². The molecule has 1 aromatic carbocycles. The van der Waals surface area contributed by atoms with E-state index in [0.29, 0.717) is 24.8 Å². The van der Waals surface area contributed by atoms with Crippen LogP contribution in [0.5, 0.6) is 0 Å². The Kier molecular flexibility index (Phi) is 6.12. The van der Waals surface area contributed by atoms with E-state index in [2.05, 4.69) is 4.72 Å². The van der Waals surface area contributed by atoms with Crippen molar-refractivity contribution in [3.05, 3.63) is 34.9 Å². The van der Waals surface area contributed by atoms with E-state index in [1.54, 1.807) is 12.1 Å². The molecule has 6 nitrogen and oxygen atoms in total. The van der Waals surface area contributed by atoms with Crippen molar-refractivity contribution in [2.24, 2.45) is 0 Å². The van der Waals surface area contributed by atoms with E-state index in [0.717, 1.165) is 17.5 Å². The van der Waals surface area contributed by atoms with Gasteiger partial charge in [-0.15, -0.1) is 0 Å². The third kappa shape index (κ3) is 5.14. The van der Waals surface area contributed by atoms with Gasteiger partial charge < -0.3 is 5.11 Å². The standard InChI is InChI=1S/C17H23NO5S/c1-2-3-8-24(22,23)18-15-10-12-4-5-13(9-14(12)11-15)16(19)6-7-17(20)21/h4-5,9,15,18H,2-3,6-8,10-11H2,1H3,(H,20,21). The molecule has 0 saturated heterocycles. The Morgan fingerprint density at radius 2 is 1.92 bits per heavy atom. The number of benzene rings is 1. The van der Waals surface area contributed by atoms with Gasteiger partial charge in [0.2, 0.25) is 10.0 Å². The average molecular weight is 353 g/mol. The Hall–Kier alpha value is -1.73. The van der Waals surface area contributed by atoms with Crippen LogP contribution in [-0.4, -0.2) is 37.1 Å². The summed E-state index contributed by atoms with van der Waals surface area (Å²) in [5.41, 5.74) is 2.48. The summed E-state index contributed by atoms with van der Waals surface area (Å²) in [6.07, 6.45) is 2.42. The third-order valence-corrected chi connectivity index (χ3v) is 5.66. The Balaban J connectivity index is 2.00. The molecule has 0 saturated carbocycles. The zero-order valence-electron chi connectivity index (χ0n) is 13.7. The number of sulfonamides is 1. The average Bonchev–Trinajstić information content (AvgIpc) is 2.90. The summed E-state index contributed by atoms with van der Waals surface area (Å²) in [4.78, 5) is 22.6. The first kappa shape index (κ1) is 18.6. The van der Waals surface area contributed by atoms with Crippen molar-refractivity contribution in [2.75, 3.05) is 5.75 Å². The molecule has 0 aliphatic heterocycles. The Labute approximate surface area is 142 Å². The maximum absolute atomic E-state index is 12.0. The van der Waals surface area contributed by atoms with E-state index >= 15 is 0 Å². The van der Waals surface area contributed by atoms with Crippen LogP contribution in [0.4, 0.5) is 0 Å². The van der Waals surface area contributed by atoms with Crippen LogP contribution >= 0.6 is 0 Å². The van der Waals surface area contributed by atoms with Gasteiger partial charge in [0.25, 0.3) is 0 Å². The normalized spacial score (nSPS) is 16.8. The lowest BCUT2D eigenvalue weighted by molar-refractivity contribution is -0.136. The van der Waals surface area contributed by atoms with Gasteiger partial charge in [0.1, 0.15) is 0 Å². The molecule has 1 aliphatic carbocycles. The second-order valence-electron chi connectivity index (χ2n) is 6.20. The quantitative estimate of drug-likeness (QED) is 0.661. The van der Waals surface area contributed by atoms with E-state index in [9.17, 15) is 18.0 Å².